The highest BCUT2D eigenvalue weighted by atomic mass is 32.2. The van der Waals surface area contributed by atoms with Crippen molar-refractivity contribution in [3.05, 3.63) is 65.2 Å². The molecule has 1 aliphatic carbocycles. The summed E-state index contributed by atoms with van der Waals surface area (Å²) in [5.74, 6) is 0.419. The van der Waals surface area contributed by atoms with Crippen molar-refractivity contribution >= 4 is 32.7 Å². The van der Waals surface area contributed by atoms with E-state index in [1.807, 2.05) is 0 Å². The van der Waals surface area contributed by atoms with Crippen molar-refractivity contribution in [2.75, 3.05) is 6.26 Å². The number of benzene rings is 2. The number of ether oxygens (including phenoxy) is 1. The van der Waals surface area contributed by atoms with Crippen molar-refractivity contribution in [2.24, 2.45) is 0 Å². The third kappa shape index (κ3) is 3.60. The Balaban J connectivity index is 1.83. The molecule has 1 heterocycles. The van der Waals surface area contributed by atoms with Crippen LogP contribution in [0, 0.1) is 0 Å². The zero-order valence-electron chi connectivity index (χ0n) is 17.1. The molecule has 2 aromatic carbocycles. The maximum Gasteiger partial charge on any atom is 0.210 e. The molecule has 2 aliphatic rings. The number of sulfone groups is 1. The molecule has 4 rings (SSSR count). The Hall–Kier alpha value is -2.73. The summed E-state index contributed by atoms with van der Waals surface area (Å²) in [6.45, 7) is 1.50. The number of hydrogen-bond acceptors (Lipinski definition) is 5. The maximum atomic E-state index is 13.6. The molecule has 1 fully saturated rings. The minimum atomic E-state index is -3.32. The lowest BCUT2D eigenvalue weighted by atomic mass is 9.79. The summed E-state index contributed by atoms with van der Waals surface area (Å²) in [4.78, 5) is 25.4. The molecule has 0 radical (unpaired) electrons. The molecule has 2 aromatic rings. The van der Waals surface area contributed by atoms with Gasteiger partial charge in [-0.3, -0.25) is 9.59 Å². The molecule has 0 saturated heterocycles. The Kier molecular flexibility index (Phi) is 5.14. The highest BCUT2D eigenvalue weighted by molar-refractivity contribution is 7.90. The predicted molar refractivity (Wildman–Crippen MR) is 115 cm³/mol. The summed E-state index contributed by atoms with van der Waals surface area (Å²) in [7, 11) is -3.32. The van der Waals surface area contributed by atoms with E-state index in [4.69, 9.17) is 4.74 Å². The number of ketones is 2. The zero-order chi connectivity index (χ0) is 21.5. The van der Waals surface area contributed by atoms with Crippen molar-refractivity contribution in [1.82, 2.24) is 0 Å². The van der Waals surface area contributed by atoms with Gasteiger partial charge in [-0.15, -0.1) is 0 Å². The molecule has 156 valence electrons. The lowest BCUT2D eigenvalue weighted by molar-refractivity contribution is -0.130. The predicted octanol–water partition coefficient (Wildman–Crippen LogP) is 4.46. The molecule has 0 atom stereocenters. The number of hydrogen-bond donors (Lipinski definition) is 0. The van der Waals surface area contributed by atoms with Crippen LogP contribution in [0.15, 0.2) is 53.4 Å². The van der Waals surface area contributed by atoms with Gasteiger partial charge in [0.05, 0.1) is 10.5 Å². The molecule has 0 aromatic heterocycles. The van der Waals surface area contributed by atoms with Gasteiger partial charge < -0.3 is 4.74 Å². The normalized spacial score (nSPS) is 18.5. The summed E-state index contributed by atoms with van der Waals surface area (Å²) in [6.07, 6.45) is 5.46. The van der Waals surface area contributed by atoms with Gasteiger partial charge in [-0.05, 0) is 62.4 Å². The fourth-order valence-corrected chi connectivity index (χ4v) is 4.90. The van der Waals surface area contributed by atoms with Crippen LogP contribution >= 0.6 is 0 Å². The van der Waals surface area contributed by atoms with E-state index in [0.717, 1.165) is 25.5 Å². The lowest BCUT2D eigenvalue weighted by Crippen LogP contribution is -2.39. The average molecular weight is 425 g/mol. The summed E-state index contributed by atoms with van der Waals surface area (Å²) >= 11 is 0. The Morgan fingerprint density at radius 3 is 2.00 bits per heavy atom. The van der Waals surface area contributed by atoms with E-state index < -0.39 is 15.4 Å². The van der Waals surface area contributed by atoms with Crippen LogP contribution in [0.5, 0.6) is 0 Å². The summed E-state index contributed by atoms with van der Waals surface area (Å²) in [5, 5.41) is 0. The van der Waals surface area contributed by atoms with Crippen LogP contribution in [0.25, 0.3) is 11.3 Å². The first kappa shape index (κ1) is 20.5. The summed E-state index contributed by atoms with van der Waals surface area (Å²) < 4.78 is 30.0. The molecular weight excluding hydrogens is 400 g/mol. The van der Waals surface area contributed by atoms with Crippen molar-refractivity contribution in [2.45, 2.75) is 49.5 Å². The minimum absolute atomic E-state index is 0.0278. The van der Waals surface area contributed by atoms with Gasteiger partial charge in [-0.25, -0.2) is 8.42 Å². The van der Waals surface area contributed by atoms with E-state index in [2.05, 4.69) is 0 Å². The van der Waals surface area contributed by atoms with Gasteiger partial charge >= 0.3 is 0 Å². The first-order valence-electron chi connectivity index (χ1n) is 10.1. The van der Waals surface area contributed by atoms with Crippen molar-refractivity contribution in [3.63, 3.8) is 0 Å². The van der Waals surface area contributed by atoms with Crippen LogP contribution in [-0.4, -0.2) is 31.8 Å². The van der Waals surface area contributed by atoms with Crippen molar-refractivity contribution in [1.29, 1.82) is 0 Å². The quantitative estimate of drug-likeness (QED) is 0.677. The second-order valence-electron chi connectivity index (χ2n) is 8.12. The van der Waals surface area contributed by atoms with Gasteiger partial charge in [0.15, 0.2) is 21.2 Å². The molecule has 0 bridgehead atoms. The Morgan fingerprint density at radius 1 is 0.900 bits per heavy atom. The second-order valence-corrected chi connectivity index (χ2v) is 10.1. The Bertz CT molecular complexity index is 1130. The van der Waals surface area contributed by atoms with Gasteiger partial charge in [-0.1, -0.05) is 30.7 Å². The number of carbonyl (C=O) groups excluding carboxylic acids is 2. The number of Topliss-reactive ketones (excluding diaryl/α,β-unsaturated/α-hetero) is 2. The minimum Gasteiger partial charge on any atom is -0.478 e. The topological polar surface area (TPSA) is 77.5 Å². The third-order valence-electron chi connectivity index (χ3n) is 5.95. The van der Waals surface area contributed by atoms with E-state index in [-0.39, 0.29) is 16.5 Å². The monoisotopic (exact) mass is 424 g/mol. The van der Waals surface area contributed by atoms with Gasteiger partial charge in [0, 0.05) is 17.4 Å². The Labute approximate surface area is 176 Å². The van der Waals surface area contributed by atoms with Crippen LogP contribution in [0.3, 0.4) is 0 Å². The highest BCUT2D eigenvalue weighted by Crippen LogP contribution is 2.47. The van der Waals surface area contributed by atoms with Crippen molar-refractivity contribution in [3.8, 4) is 0 Å². The van der Waals surface area contributed by atoms with Crippen LogP contribution in [0.1, 0.15) is 60.5 Å². The standard InChI is InChI=1S/C24H24O5S/c1-16(25)17-6-8-18(9-7-17)21-22(19-10-12-20(13-11-19)30(2,27)28)29-24(23(21)26)14-4-3-5-15-24/h6-13H,3-5,14-15H2,1-2H3. The molecule has 30 heavy (non-hydrogen) atoms. The molecular formula is C24H24O5S. The fourth-order valence-electron chi connectivity index (χ4n) is 4.27. The van der Waals surface area contributed by atoms with E-state index in [0.29, 0.717) is 40.9 Å². The Morgan fingerprint density at radius 2 is 1.47 bits per heavy atom. The third-order valence-corrected chi connectivity index (χ3v) is 7.08. The van der Waals surface area contributed by atoms with E-state index in [1.54, 1.807) is 36.4 Å². The number of carbonyl (C=O) groups is 2. The molecule has 0 N–H and O–H groups in total. The number of rotatable bonds is 4. The first-order valence-corrected chi connectivity index (χ1v) is 12.0. The molecule has 0 amide bonds. The van der Waals surface area contributed by atoms with Crippen LogP contribution in [0.2, 0.25) is 0 Å². The van der Waals surface area contributed by atoms with Gasteiger partial charge in [-0.2, -0.15) is 0 Å². The molecule has 5 nitrogen and oxygen atoms in total. The molecule has 1 saturated carbocycles. The van der Waals surface area contributed by atoms with Crippen LogP contribution in [-0.2, 0) is 19.4 Å². The highest BCUT2D eigenvalue weighted by Gasteiger charge is 2.50. The van der Waals surface area contributed by atoms with E-state index >= 15 is 0 Å². The summed E-state index contributed by atoms with van der Waals surface area (Å²) in [6, 6.07) is 13.4. The van der Waals surface area contributed by atoms with Crippen molar-refractivity contribution < 1.29 is 22.7 Å². The molecule has 0 unspecified atom stereocenters. The van der Waals surface area contributed by atoms with Gasteiger partial charge in [0.25, 0.3) is 0 Å². The molecule has 1 aliphatic heterocycles. The fraction of sp³-hybridized carbons (Fsp3) is 0.333. The smallest absolute Gasteiger partial charge is 0.210 e. The van der Waals surface area contributed by atoms with Gasteiger partial charge in [0.1, 0.15) is 5.76 Å². The largest absolute Gasteiger partial charge is 0.478 e. The van der Waals surface area contributed by atoms with Crippen LogP contribution in [0.4, 0.5) is 0 Å². The van der Waals surface area contributed by atoms with E-state index in [9.17, 15) is 18.0 Å². The molecule has 1 spiro atoms. The summed E-state index contributed by atoms with van der Waals surface area (Å²) in [5.41, 5.74) is 1.60. The lowest BCUT2D eigenvalue weighted by Gasteiger charge is -2.32. The van der Waals surface area contributed by atoms with Gasteiger partial charge in [0.2, 0.25) is 5.78 Å². The maximum absolute atomic E-state index is 13.6. The second kappa shape index (κ2) is 7.51. The first-order chi connectivity index (χ1) is 14.2. The zero-order valence-corrected chi connectivity index (χ0v) is 17.9. The molecule has 6 heteroatoms. The average Bonchev–Trinajstić information content (AvgIpc) is 3.00. The van der Waals surface area contributed by atoms with E-state index in [1.165, 1.54) is 19.1 Å². The SMILES string of the molecule is CC(=O)c1ccc(C2=C(c3ccc(S(C)(=O)=O)cc3)OC3(CCCCC3)C2=O)cc1. The van der Waals surface area contributed by atoms with Crippen LogP contribution < -0.4 is 0 Å².